The number of amides is 1. The quantitative estimate of drug-likeness (QED) is 0.650. The SMILES string of the molecule is CCCOc1c(Cl)cc(C(=O)N2CCN(S(=O)(=O)c3cc(C)ccc3O)CC2)cc1OC. The fraction of sp³-hybridized carbons (Fsp3) is 0.409. The van der Waals surface area contributed by atoms with Gasteiger partial charge in [-0.15, -0.1) is 0 Å². The number of halogens is 1. The number of hydrogen-bond acceptors (Lipinski definition) is 6. The topological polar surface area (TPSA) is 96.4 Å². The summed E-state index contributed by atoms with van der Waals surface area (Å²) in [5, 5.41) is 10.3. The molecule has 1 saturated heterocycles. The van der Waals surface area contributed by atoms with Crippen molar-refractivity contribution in [1.82, 2.24) is 9.21 Å². The highest BCUT2D eigenvalue weighted by atomic mass is 35.5. The molecule has 10 heteroatoms. The molecule has 0 spiro atoms. The molecule has 0 aliphatic carbocycles. The first-order valence-electron chi connectivity index (χ1n) is 10.3. The summed E-state index contributed by atoms with van der Waals surface area (Å²) in [6, 6.07) is 7.56. The first-order chi connectivity index (χ1) is 15.2. The van der Waals surface area contributed by atoms with Gasteiger partial charge in [0.05, 0.1) is 18.7 Å². The summed E-state index contributed by atoms with van der Waals surface area (Å²) in [6.45, 7) is 4.84. The van der Waals surface area contributed by atoms with Crippen LogP contribution in [0, 0.1) is 6.92 Å². The minimum atomic E-state index is -3.87. The molecule has 2 aromatic rings. The predicted molar refractivity (Wildman–Crippen MR) is 121 cm³/mol. The number of phenolic OH excluding ortho intramolecular Hbond substituents is 1. The van der Waals surface area contributed by atoms with Crippen LogP contribution in [-0.4, -0.2) is 68.5 Å². The Morgan fingerprint density at radius 3 is 2.47 bits per heavy atom. The van der Waals surface area contributed by atoms with Crippen molar-refractivity contribution in [2.45, 2.75) is 25.2 Å². The van der Waals surface area contributed by atoms with Crippen LogP contribution >= 0.6 is 11.6 Å². The minimum Gasteiger partial charge on any atom is -0.507 e. The van der Waals surface area contributed by atoms with Crippen molar-refractivity contribution in [3.8, 4) is 17.2 Å². The number of methoxy groups -OCH3 is 1. The Hall–Kier alpha value is -2.49. The highest BCUT2D eigenvalue weighted by Gasteiger charge is 2.32. The molecule has 0 bridgehead atoms. The maximum Gasteiger partial charge on any atom is 0.254 e. The number of nitrogens with zero attached hydrogens (tertiary/aromatic N) is 2. The molecule has 32 heavy (non-hydrogen) atoms. The molecule has 1 heterocycles. The van der Waals surface area contributed by atoms with Crippen molar-refractivity contribution in [2.75, 3.05) is 39.9 Å². The number of piperazine rings is 1. The lowest BCUT2D eigenvalue weighted by Crippen LogP contribution is -2.50. The number of carbonyl (C=O) groups is 1. The van der Waals surface area contributed by atoms with E-state index in [0.717, 1.165) is 12.0 Å². The van der Waals surface area contributed by atoms with Crippen LogP contribution in [0.1, 0.15) is 29.3 Å². The average Bonchev–Trinajstić information content (AvgIpc) is 2.78. The van der Waals surface area contributed by atoms with E-state index in [4.69, 9.17) is 21.1 Å². The Bertz CT molecular complexity index is 1100. The van der Waals surface area contributed by atoms with E-state index in [1.807, 2.05) is 6.92 Å². The Balaban J connectivity index is 1.74. The van der Waals surface area contributed by atoms with Gasteiger partial charge in [0.2, 0.25) is 10.0 Å². The summed E-state index contributed by atoms with van der Waals surface area (Å²) in [5.41, 5.74) is 1.07. The second-order valence-electron chi connectivity index (χ2n) is 7.51. The third kappa shape index (κ3) is 4.95. The van der Waals surface area contributed by atoms with Crippen molar-refractivity contribution in [2.24, 2.45) is 0 Å². The highest BCUT2D eigenvalue weighted by molar-refractivity contribution is 7.89. The standard InChI is InChI=1S/C22H27ClN2O6S/c1-4-11-31-21-17(23)13-16(14-19(21)30-3)22(27)24-7-9-25(10-8-24)32(28,29)20-12-15(2)5-6-18(20)26/h5-6,12-14,26H,4,7-11H2,1-3H3. The third-order valence-corrected chi connectivity index (χ3v) is 7.39. The van der Waals surface area contributed by atoms with Crippen LogP contribution in [-0.2, 0) is 10.0 Å². The average molecular weight is 483 g/mol. The van der Waals surface area contributed by atoms with Crippen molar-refractivity contribution in [3.63, 3.8) is 0 Å². The number of ether oxygens (including phenoxy) is 2. The normalized spacial score (nSPS) is 14.9. The Labute approximate surface area is 193 Å². The molecule has 0 atom stereocenters. The largest absolute Gasteiger partial charge is 0.507 e. The molecule has 1 aliphatic rings. The van der Waals surface area contributed by atoms with E-state index >= 15 is 0 Å². The number of rotatable bonds is 7. The maximum absolute atomic E-state index is 13.0. The van der Waals surface area contributed by atoms with Crippen molar-refractivity contribution in [3.05, 3.63) is 46.5 Å². The molecule has 1 N–H and O–H groups in total. The Kier molecular flexibility index (Phi) is 7.53. The summed E-state index contributed by atoms with van der Waals surface area (Å²) < 4.78 is 38.2. The van der Waals surface area contributed by atoms with Crippen LogP contribution in [0.2, 0.25) is 5.02 Å². The highest BCUT2D eigenvalue weighted by Crippen LogP contribution is 2.37. The maximum atomic E-state index is 13.0. The van der Waals surface area contributed by atoms with E-state index in [-0.39, 0.29) is 47.8 Å². The van der Waals surface area contributed by atoms with Gasteiger partial charge in [0, 0.05) is 31.7 Å². The van der Waals surface area contributed by atoms with Gasteiger partial charge in [0.15, 0.2) is 11.5 Å². The third-order valence-electron chi connectivity index (χ3n) is 5.19. The van der Waals surface area contributed by atoms with Crippen LogP contribution < -0.4 is 9.47 Å². The lowest BCUT2D eigenvalue weighted by Gasteiger charge is -2.34. The lowest BCUT2D eigenvalue weighted by molar-refractivity contribution is 0.0697. The number of benzene rings is 2. The molecular weight excluding hydrogens is 456 g/mol. The Morgan fingerprint density at radius 2 is 1.84 bits per heavy atom. The molecule has 1 aliphatic heterocycles. The number of sulfonamides is 1. The zero-order valence-electron chi connectivity index (χ0n) is 18.3. The number of phenols is 1. The second-order valence-corrected chi connectivity index (χ2v) is 9.82. The van der Waals surface area contributed by atoms with Gasteiger partial charge < -0.3 is 19.5 Å². The van der Waals surface area contributed by atoms with Crippen molar-refractivity contribution >= 4 is 27.5 Å². The molecule has 0 radical (unpaired) electrons. The lowest BCUT2D eigenvalue weighted by atomic mass is 10.1. The van der Waals surface area contributed by atoms with E-state index in [0.29, 0.717) is 23.7 Å². The van der Waals surface area contributed by atoms with Gasteiger partial charge in [0.25, 0.3) is 5.91 Å². The second kappa shape index (κ2) is 9.97. The van der Waals surface area contributed by atoms with Gasteiger partial charge in [-0.05, 0) is 43.2 Å². The zero-order valence-corrected chi connectivity index (χ0v) is 19.9. The fourth-order valence-corrected chi connectivity index (χ4v) is 5.32. The molecule has 8 nitrogen and oxygen atoms in total. The fourth-order valence-electron chi connectivity index (χ4n) is 3.47. The van der Waals surface area contributed by atoms with Crippen LogP contribution in [0.5, 0.6) is 17.2 Å². The first-order valence-corrected chi connectivity index (χ1v) is 12.1. The molecule has 174 valence electrons. The van der Waals surface area contributed by atoms with Crippen molar-refractivity contribution < 1.29 is 27.8 Å². The Morgan fingerprint density at radius 1 is 1.16 bits per heavy atom. The van der Waals surface area contributed by atoms with E-state index in [2.05, 4.69) is 0 Å². The van der Waals surface area contributed by atoms with E-state index in [1.54, 1.807) is 24.0 Å². The molecular formula is C22H27ClN2O6S. The summed E-state index contributed by atoms with van der Waals surface area (Å²) in [5.74, 6) is 0.191. The van der Waals surface area contributed by atoms with E-state index in [1.165, 1.54) is 29.6 Å². The van der Waals surface area contributed by atoms with Gasteiger partial charge in [-0.3, -0.25) is 4.79 Å². The molecule has 0 aromatic heterocycles. The summed E-state index contributed by atoms with van der Waals surface area (Å²) in [4.78, 5) is 14.5. The molecule has 2 aromatic carbocycles. The smallest absolute Gasteiger partial charge is 0.254 e. The van der Waals surface area contributed by atoms with Gasteiger partial charge in [0.1, 0.15) is 10.6 Å². The summed E-state index contributed by atoms with van der Waals surface area (Å²) in [6.07, 6.45) is 0.799. The number of hydrogen-bond donors (Lipinski definition) is 1. The number of aryl methyl sites for hydroxylation is 1. The predicted octanol–water partition coefficient (Wildman–Crippen LogP) is 3.30. The van der Waals surface area contributed by atoms with Crippen LogP contribution in [0.3, 0.4) is 0 Å². The summed E-state index contributed by atoms with van der Waals surface area (Å²) >= 11 is 6.32. The van der Waals surface area contributed by atoms with E-state index in [9.17, 15) is 18.3 Å². The van der Waals surface area contributed by atoms with Gasteiger partial charge in [-0.1, -0.05) is 24.6 Å². The zero-order chi connectivity index (χ0) is 23.5. The molecule has 0 saturated carbocycles. The number of carbonyl (C=O) groups excluding carboxylic acids is 1. The monoisotopic (exact) mass is 482 g/mol. The van der Waals surface area contributed by atoms with Gasteiger partial charge >= 0.3 is 0 Å². The first kappa shape index (κ1) is 24.2. The van der Waals surface area contributed by atoms with Crippen LogP contribution in [0.15, 0.2) is 35.2 Å². The minimum absolute atomic E-state index is 0.115. The van der Waals surface area contributed by atoms with Crippen LogP contribution in [0.25, 0.3) is 0 Å². The van der Waals surface area contributed by atoms with E-state index < -0.39 is 10.0 Å². The molecule has 1 fully saturated rings. The van der Waals surface area contributed by atoms with Crippen LogP contribution in [0.4, 0.5) is 0 Å². The number of aromatic hydroxyl groups is 1. The molecule has 3 rings (SSSR count). The van der Waals surface area contributed by atoms with Gasteiger partial charge in [-0.25, -0.2) is 8.42 Å². The molecule has 0 unspecified atom stereocenters. The van der Waals surface area contributed by atoms with Gasteiger partial charge in [-0.2, -0.15) is 4.31 Å². The summed E-state index contributed by atoms with van der Waals surface area (Å²) in [7, 11) is -2.40. The molecule has 1 amide bonds. The van der Waals surface area contributed by atoms with Crippen molar-refractivity contribution in [1.29, 1.82) is 0 Å².